The zero-order chi connectivity index (χ0) is 15.8. The molecule has 21 heavy (non-hydrogen) atoms. The second-order valence-electron chi connectivity index (χ2n) is 4.89. The van der Waals surface area contributed by atoms with Crippen LogP contribution in [0.4, 0.5) is 11.4 Å². The third-order valence-corrected chi connectivity index (χ3v) is 3.28. The van der Waals surface area contributed by atoms with Crippen molar-refractivity contribution in [3.05, 3.63) is 33.9 Å². The summed E-state index contributed by atoms with van der Waals surface area (Å²) in [5.74, 6) is -0.387. The first-order chi connectivity index (χ1) is 10.0. The van der Waals surface area contributed by atoms with Crippen LogP contribution in [0.1, 0.15) is 50.4 Å². The quantitative estimate of drug-likeness (QED) is 0.568. The fourth-order valence-electron chi connectivity index (χ4n) is 2.18. The van der Waals surface area contributed by atoms with Crippen LogP contribution in [-0.4, -0.2) is 23.4 Å². The van der Waals surface area contributed by atoms with Crippen molar-refractivity contribution in [1.29, 1.82) is 0 Å². The number of rotatable bonds is 8. The van der Waals surface area contributed by atoms with E-state index in [0.29, 0.717) is 12.2 Å². The number of benzene rings is 1. The maximum atomic E-state index is 12.3. The topological polar surface area (TPSA) is 84.3 Å². The molecule has 0 saturated heterocycles. The Hall–Kier alpha value is -2.11. The SMILES string of the molecule is CCCC(CC)NC(=O)c1cc(NCC)ccc1[N+](=O)[O-]. The van der Waals surface area contributed by atoms with Crippen LogP contribution in [0.5, 0.6) is 0 Å². The standard InChI is InChI=1S/C15H23N3O3/c1-4-7-11(5-2)17-15(19)13-10-12(16-6-3)8-9-14(13)18(20)21/h8-11,16H,4-7H2,1-3H3,(H,17,19). The van der Waals surface area contributed by atoms with Crippen LogP contribution < -0.4 is 10.6 Å². The van der Waals surface area contributed by atoms with Crippen molar-refractivity contribution in [2.75, 3.05) is 11.9 Å². The van der Waals surface area contributed by atoms with Crippen LogP contribution in [0.15, 0.2) is 18.2 Å². The lowest BCUT2D eigenvalue weighted by Crippen LogP contribution is -2.34. The predicted molar refractivity (Wildman–Crippen MR) is 83.7 cm³/mol. The molecule has 0 saturated carbocycles. The highest BCUT2D eigenvalue weighted by molar-refractivity contribution is 5.99. The minimum absolute atomic E-state index is 0.0462. The lowest BCUT2D eigenvalue weighted by atomic mass is 10.1. The van der Waals surface area contributed by atoms with Gasteiger partial charge in [0, 0.05) is 24.3 Å². The number of carbonyl (C=O) groups excluding carboxylic acids is 1. The first-order valence-corrected chi connectivity index (χ1v) is 7.36. The molecule has 1 unspecified atom stereocenters. The molecule has 0 aromatic heterocycles. The van der Waals surface area contributed by atoms with Gasteiger partial charge in [0.2, 0.25) is 0 Å². The van der Waals surface area contributed by atoms with Gasteiger partial charge < -0.3 is 10.6 Å². The van der Waals surface area contributed by atoms with E-state index >= 15 is 0 Å². The van der Waals surface area contributed by atoms with E-state index in [1.165, 1.54) is 12.1 Å². The van der Waals surface area contributed by atoms with Gasteiger partial charge in [0.05, 0.1) is 4.92 Å². The smallest absolute Gasteiger partial charge is 0.282 e. The predicted octanol–water partition coefficient (Wildman–Crippen LogP) is 3.34. The first kappa shape index (κ1) is 16.9. The van der Waals surface area contributed by atoms with Gasteiger partial charge in [-0.3, -0.25) is 14.9 Å². The number of nitrogens with one attached hydrogen (secondary N) is 2. The Labute approximate surface area is 125 Å². The Morgan fingerprint density at radius 3 is 2.57 bits per heavy atom. The van der Waals surface area contributed by atoms with E-state index in [4.69, 9.17) is 0 Å². The van der Waals surface area contributed by atoms with Crippen molar-refractivity contribution in [1.82, 2.24) is 5.32 Å². The van der Waals surface area contributed by atoms with Gasteiger partial charge in [0.1, 0.15) is 5.56 Å². The third kappa shape index (κ3) is 4.73. The third-order valence-electron chi connectivity index (χ3n) is 3.28. The molecule has 0 aliphatic heterocycles. The summed E-state index contributed by atoms with van der Waals surface area (Å²) in [6.45, 7) is 6.65. The molecule has 1 aromatic rings. The van der Waals surface area contributed by atoms with Crippen molar-refractivity contribution in [2.45, 2.75) is 46.1 Å². The Balaban J connectivity index is 3.04. The Morgan fingerprint density at radius 2 is 2.05 bits per heavy atom. The van der Waals surface area contributed by atoms with E-state index in [1.54, 1.807) is 6.07 Å². The fraction of sp³-hybridized carbons (Fsp3) is 0.533. The van der Waals surface area contributed by atoms with Gasteiger partial charge in [-0.1, -0.05) is 20.3 Å². The highest BCUT2D eigenvalue weighted by Gasteiger charge is 2.22. The van der Waals surface area contributed by atoms with Gasteiger partial charge in [-0.15, -0.1) is 0 Å². The van der Waals surface area contributed by atoms with Crippen LogP contribution >= 0.6 is 0 Å². The Kier molecular flexibility index (Phi) is 6.65. The van der Waals surface area contributed by atoms with Crippen molar-refractivity contribution in [2.24, 2.45) is 0 Å². The number of nitro benzene ring substituents is 1. The minimum atomic E-state index is -0.522. The van der Waals surface area contributed by atoms with Crippen LogP contribution in [0.25, 0.3) is 0 Å². The molecule has 116 valence electrons. The largest absolute Gasteiger partial charge is 0.385 e. The maximum absolute atomic E-state index is 12.3. The lowest BCUT2D eigenvalue weighted by Gasteiger charge is -2.16. The monoisotopic (exact) mass is 293 g/mol. The van der Waals surface area contributed by atoms with Gasteiger partial charge in [-0.25, -0.2) is 0 Å². The first-order valence-electron chi connectivity index (χ1n) is 7.36. The maximum Gasteiger partial charge on any atom is 0.282 e. The Morgan fingerprint density at radius 1 is 1.33 bits per heavy atom. The summed E-state index contributed by atoms with van der Waals surface area (Å²) in [4.78, 5) is 22.9. The average Bonchev–Trinajstić information content (AvgIpc) is 2.46. The van der Waals surface area contributed by atoms with Gasteiger partial charge in [0.15, 0.2) is 0 Å². The summed E-state index contributed by atoms with van der Waals surface area (Å²) in [5.41, 5.74) is 0.644. The number of anilines is 1. The second kappa shape index (κ2) is 8.24. The van der Waals surface area contributed by atoms with E-state index in [1.807, 2.05) is 20.8 Å². The van der Waals surface area contributed by atoms with E-state index < -0.39 is 4.92 Å². The van der Waals surface area contributed by atoms with Crippen molar-refractivity contribution in [3.63, 3.8) is 0 Å². The summed E-state index contributed by atoms with van der Waals surface area (Å²) >= 11 is 0. The molecule has 0 aliphatic carbocycles. The van der Waals surface area contributed by atoms with Gasteiger partial charge in [-0.2, -0.15) is 0 Å². The number of hydrogen-bond donors (Lipinski definition) is 2. The molecule has 6 heteroatoms. The highest BCUT2D eigenvalue weighted by atomic mass is 16.6. The van der Waals surface area contributed by atoms with Gasteiger partial charge >= 0.3 is 0 Å². The number of nitrogens with zero attached hydrogens (tertiary/aromatic N) is 1. The number of amides is 1. The van der Waals surface area contributed by atoms with E-state index in [2.05, 4.69) is 10.6 Å². The van der Waals surface area contributed by atoms with Crippen molar-refractivity contribution in [3.8, 4) is 0 Å². The Bertz CT molecular complexity index is 503. The second-order valence-corrected chi connectivity index (χ2v) is 4.89. The number of nitro groups is 1. The zero-order valence-electron chi connectivity index (χ0n) is 12.8. The van der Waals surface area contributed by atoms with Gasteiger partial charge in [0.25, 0.3) is 11.6 Å². The van der Waals surface area contributed by atoms with Crippen LogP contribution in [-0.2, 0) is 0 Å². The zero-order valence-corrected chi connectivity index (χ0v) is 12.8. The lowest BCUT2D eigenvalue weighted by molar-refractivity contribution is -0.385. The highest BCUT2D eigenvalue weighted by Crippen LogP contribution is 2.23. The molecule has 0 fully saturated rings. The molecule has 0 aliphatic rings. The fourth-order valence-corrected chi connectivity index (χ4v) is 2.18. The molecule has 1 amide bonds. The molecule has 0 heterocycles. The molecular formula is C15H23N3O3. The van der Waals surface area contributed by atoms with Crippen molar-refractivity contribution < 1.29 is 9.72 Å². The summed E-state index contributed by atoms with van der Waals surface area (Å²) in [5, 5.41) is 17.0. The molecule has 2 N–H and O–H groups in total. The van der Waals surface area contributed by atoms with E-state index in [-0.39, 0.29) is 23.2 Å². The average molecular weight is 293 g/mol. The molecule has 6 nitrogen and oxygen atoms in total. The molecule has 0 spiro atoms. The van der Waals surface area contributed by atoms with Crippen molar-refractivity contribution >= 4 is 17.3 Å². The summed E-state index contributed by atoms with van der Waals surface area (Å²) in [6, 6.07) is 4.57. The molecule has 0 bridgehead atoms. The summed E-state index contributed by atoms with van der Waals surface area (Å²) in [7, 11) is 0. The van der Waals surface area contributed by atoms with Crippen LogP contribution in [0.3, 0.4) is 0 Å². The summed E-state index contributed by atoms with van der Waals surface area (Å²) < 4.78 is 0. The molecule has 0 radical (unpaired) electrons. The van der Waals surface area contributed by atoms with Crippen LogP contribution in [0, 0.1) is 10.1 Å². The number of carbonyl (C=O) groups is 1. The molecule has 1 aromatic carbocycles. The molecule has 1 atom stereocenters. The van der Waals surface area contributed by atoms with E-state index in [9.17, 15) is 14.9 Å². The van der Waals surface area contributed by atoms with E-state index in [0.717, 1.165) is 19.3 Å². The minimum Gasteiger partial charge on any atom is -0.385 e. The molecular weight excluding hydrogens is 270 g/mol. The van der Waals surface area contributed by atoms with Crippen LogP contribution in [0.2, 0.25) is 0 Å². The summed E-state index contributed by atoms with van der Waals surface area (Å²) in [6.07, 6.45) is 2.63. The normalized spacial score (nSPS) is 11.8. The van der Waals surface area contributed by atoms with Gasteiger partial charge in [-0.05, 0) is 31.9 Å². The number of hydrogen-bond acceptors (Lipinski definition) is 4. The molecule has 1 rings (SSSR count).